The number of anilines is 1. The zero-order valence-electron chi connectivity index (χ0n) is 12.4. The second-order valence-electron chi connectivity index (χ2n) is 5.28. The topological polar surface area (TPSA) is 55.1 Å². The predicted molar refractivity (Wildman–Crippen MR) is 96.2 cm³/mol. The van der Waals surface area contributed by atoms with Gasteiger partial charge in [-0.15, -0.1) is 0 Å². The summed E-state index contributed by atoms with van der Waals surface area (Å²) in [7, 11) is 0. The first-order valence-corrected chi connectivity index (χ1v) is 8.68. The number of benzene rings is 2. The van der Waals surface area contributed by atoms with Crippen molar-refractivity contribution in [1.82, 2.24) is 4.98 Å². The molecule has 0 radical (unpaired) electrons. The highest BCUT2D eigenvalue weighted by atomic mass is 79.9. The molecule has 7 heteroatoms. The lowest BCUT2D eigenvalue weighted by atomic mass is 10.1. The molecule has 0 spiro atoms. The number of hydrogen-bond donors (Lipinski definition) is 1. The number of halogens is 2. The van der Waals surface area contributed by atoms with Gasteiger partial charge in [0.25, 0.3) is 5.91 Å². The minimum Gasteiger partial charge on any atom is -0.451 e. The number of hydrogen-bond acceptors (Lipinski definition) is 4. The fourth-order valence-electron chi connectivity index (χ4n) is 2.52. The zero-order chi connectivity index (χ0) is 16.8. The van der Waals surface area contributed by atoms with Crippen LogP contribution in [0.5, 0.6) is 0 Å². The molecule has 0 unspecified atom stereocenters. The van der Waals surface area contributed by atoms with Crippen LogP contribution in [0.25, 0.3) is 21.2 Å². The van der Waals surface area contributed by atoms with Gasteiger partial charge in [0, 0.05) is 15.4 Å². The summed E-state index contributed by atoms with van der Waals surface area (Å²) in [6, 6.07) is 9.90. The molecule has 2 aromatic carbocycles. The highest BCUT2D eigenvalue weighted by molar-refractivity contribution is 9.10. The highest BCUT2D eigenvalue weighted by Gasteiger charge is 2.19. The van der Waals surface area contributed by atoms with Gasteiger partial charge in [-0.05, 0) is 43.3 Å². The molecule has 0 bridgehead atoms. The normalized spacial score (nSPS) is 11.3. The first kappa shape index (κ1) is 15.3. The average molecular weight is 405 g/mol. The minimum atomic E-state index is -0.376. The van der Waals surface area contributed by atoms with E-state index in [4.69, 9.17) is 4.42 Å². The average Bonchev–Trinajstić information content (AvgIpc) is 3.08. The van der Waals surface area contributed by atoms with Gasteiger partial charge in [0.1, 0.15) is 11.4 Å². The van der Waals surface area contributed by atoms with Gasteiger partial charge in [0.05, 0.1) is 10.2 Å². The van der Waals surface area contributed by atoms with Crippen molar-refractivity contribution in [3.05, 3.63) is 58.0 Å². The molecule has 1 N–H and O–H groups in total. The summed E-state index contributed by atoms with van der Waals surface area (Å²) < 4.78 is 20.5. The third kappa shape index (κ3) is 2.59. The molecule has 0 atom stereocenters. The Hall–Kier alpha value is -2.25. The van der Waals surface area contributed by atoms with E-state index in [9.17, 15) is 9.18 Å². The number of aromatic nitrogens is 1. The van der Waals surface area contributed by atoms with Crippen LogP contribution in [0.3, 0.4) is 0 Å². The number of fused-ring (bicyclic) bond motifs is 2. The molecule has 1 amide bonds. The maximum Gasteiger partial charge on any atom is 0.293 e. The zero-order valence-corrected chi connectivity index (χ0v) is 14.8. The maximum absolute atomic E-state index is 13.2. The van der Waals surface area contributed by atoms with Gasteiger partial charge in [0.15, 0.2) is 10.9 Å². The van der Waals surface area contributed by atoms with Crippen LogP contribution in [0.1, 0.15) is 16.1 Å². The number of thiazole rings is 1. The van der Waals surface area contributed by atoms with E-state index in [1.54, 1.807) is 6.07 Å². The number of carbonyl (C=O) groups is 1. The van der Waals surface area contributed by atoms with Gasteiger partial charge >= 0.3 is 0 Å². The molecule has 0 aliphatic rings. The third-order valence-electron chi connectivity index (χ3n) is 3.68. The largest absolute Gasteiger partial charge is 0.451 e. The lowest BCUT2D eigenvalue weighted by Crippen LogP contribution is -2.11. The second-order valence-corrected chi connectivity index (χ2v) is 7.23. The van der Waals surface area contributed by atoms with Crippen LogP contribution < -0.4 is 5.32 Å². The number of aryl methyl sites for hydroxylation is 1. The van der Waals surface area contributed by atoms with E-state index in [1.807, 2.05) is 25.1 Å². The van der Waals surface area contributed by atoms with Gasteiger partial charge in [-0.3, -0.25) is 10.1 Å². The van der Waals surface area contributed by atoms with Crippen molar-refractivity contribution in [2.24, 2.45) is 0 Å². The molecule has 4 aromatic rings. The molecular formula is C17H10BrFN2O2S. The molecule has 4 rings (SSSR count). The molecule has 2 aromatic heterocycles. The number of nitrogens with zero attached hydrogens (tertiary/aromatic N) is 1. The van der Waals surface area contributed by atoms with Gasteiger partial charge in [-0.2, -0.15) is 0 Å². The van der Waals surface area contributed by atoms with Crippen LogP contribution in [0.15, 0.2) is 45.3 Å². The molecule has 0 saturated heterocycles. The van der Waals surface area contributed by atoms with Crippen molar-refractivity contribution < 1.29 is 13.6 Å². The van der Waals surface area contributed by atoms with Gasteiger partial charge in [0.2, 0.25) is 0 Å². The second kappa shape index (κ2) is 5.68. The fourth-order valence-corrected chi connectivity index (χ4v) is 3.76. The third-order valence-corrected chi connectivity index (χ3v) is 5.10. The maximum atomic E-state index is 13.2. The Bertz CT molecular complexity index is 1100. The van der Waals surface area contributed by atoms with E-state index in [0.717, 1.165) is 15.4 Å². The molecule has 0 fully saturated rings. The molecule has 4 nitrogen and oxygen atoms in total. The Morgan fingerprint density at radius 1 is 1.29 bits per heavy atom. The Morgan fingerprint density at radius 3 is 2.96 bits per heavy atom. The van der Waals surface area contributed by atoms with Crippen molar-refractivity contribution in [3.63, 3.8) is 0 Å². The molecule has 0 aliphatic heterocycles. The van der Waals surface area contributed by atoms with Crippen molar-refractivity contribution in [3.8, 4) is 0 Å². The number of nitrogens with one attached hydrogen (secondary N) is 1. The summed E-state index contributed by atoms with van der Waals surface area (Å²) in [5.74, 6) is -0.462. The van der Waals surface area contributed by atoms with E-state index in [2.05, 4.69) is 26.2 Å². The van der Waals surface area contributed by atoms with Crippen LogP contribution >= 0.6 is 27.3 Å². The van der Waals surface area contributed by atoms with E-state index in [-0.39, 0.29) is 17.5 Å². The summed E-state index contributed by atoms with van der Waals surface area (Å²) in [4.78, 5) is 16.8. The van der Waals surface area contributed by atoms with E-state index < -0.39 is 0 Å². The smallest absolute Gasteiger partial charge is 0.293 e. The lowest BCUT2D eigenvalue weighted by Gasteiger charge is -1.98. The lowest BCUT2D eigenvalue weighted by molar-refractivity contribution is 0.0998. The summed E-state index contributed by atoms with van der Waals surface area (Å²) in [5, 5.41) is 4.00. The van der Waals surface area contributed by atoms with Crippen molar-refractivity contribution in [2.45, 2.75) is 6.92 Å². The van der Waals surface area contributed by atoms with Crippen LogP contribution in [-0.4, -0.2) is 10.9 Å². The van der Waals surface area contributed by atoms with Gasteiger partial charge in [-0.25, -0.2) is 9.37 Å². The number of amides is 1. The first-order valence-electron chi connectivity index (χ1n) is 7.07. The van der Waals surface area contributed by atoms with Crippen molar-refractivity contribution in [2.75, 3.05) is 5.32 Å². The molecule has 2 heterocycles. The number of carbonyl (C=O) groups excluding carboxylic acids is 1. The molecule has 0 aliphatic carbocycles. The first-order chi connectivity index (χ1) is 11.5. The Balaban J connectivity index is 1.69. The van der Waals surface area contributed by atoms with E-state index in [1.165, 1.54) is 23.5 Å². The standard InChI is InChI=1S/C17H10BrFN2O2S/c1-8-11-6-9(18)2-5-13(11)23-15(8)16(22)21-17-20-12-4-3-10(19)7-14(12)24-17/h2-7H,1H3,(H,20,21,22). The predicted octanol–water partition coefficient (Wildman–Crippen LogP) is 5.50. The van der Waals surface area contributed by atoms with Crippen LogP contribution in [0, 0.1) is 12.7 Å². The summed E-state index contributed by atoms with van der Waals surface area (Å²) >= 11 is 4.63. The molecule has 120 valence electrons. The highest BCUT2D eigenvalue weighted by Crippen LogP contribution is 2.30. The van der Waals surface area contributed by atoms with Crippen LogP contribution in [-0.2, 0) is 0 Å². The van der Waals surface area contributed by atoms with Gasteiger partial charge < -0.3 is 4.42 Å². The van der Waals surface area contributed by atoms with Crippen LogP contribution in [0.2, 0.25) is 0 Å². The Morgan fingerprint density at radius 2 is 2.12 bits per heavy atom. The molecular weight excluding hydrogens is 395 g/mol. The summed E-state index contributed by atoms with van der Waals surface area (Å²) in [6.45, 7) is 1.83. The number of rotatable bonds is 2. The molecule has 0 saturated carbocycles. The summed E-state index contributed by atoms with van der Waals surface area (Å²) in [5.41, 5.74) is 2.05. The Kier molecular flexibility index (Phi) is 3.62. The van der Waals surface area contributed by atoms with E-state index in [0.29, 0.717) is 20.9 Å². The van der Waals surface area contributed by atoms with Gasteiger partial charge in [-0.1, -0.05) is 27.3 Å². The quantitative estimate of drug-likeness (QED) is 0.479. The van der Waals surface area contributed by atoms with E-state index >= 15 is 0 Å². The molecule has 24 heavy (non-hydrogen) atoms. The van der Waals surface area contributed by atoms with Crippen LogP contribution in [0.4, 0.5) is 9.52 Å². The minimum absolute atomic E-state index is 0.244. The number of furan rings is 1. The summed E-state index contributed by atoms with van der Waals surface area (Å²) in [6.07, 6.45) is 0. The monoisotopic (exact) mass is 404 g/mol. The van der Waals surface area contributed by atoms with Crippen molar-refractivity contribution >= 4 is 59.5 Å². The fraction of sp³-hybridized carbons (Fsp3) is 0.0588. The SMILES string of the molecule is Cc1c(C(=O)Nc2nc3ccc(F)cc3s2)oc2ccc(Br)cc12. The Labute approximate surface area is 148 Å². The van der Waals surface area contributed by atoms with Crippen molar-refractivity contribution in [1.29, 1.82) is 0 Å².